The first-order chi connectivity index (χ1) is 20.7. The van der Waals surface area contributed by atoms with Gasteiger partial charge in [0.1, 0.15) is 11.5 Å². The number of ketones is 2. The fourth-order valence-corrected chi connectivity index (χ4v) is 5.81. The third-order valence-electron chi connectivity index (χ3n) is 7.03. The van der Waals surface area contributed by atoms with Crippen LogP contribution in [0.5, 0.6) is 11.5 Å². The van der Waals surface area contributed by atoms with Crippen molar-refractivity contribution in [2.75, 3.05) is 18.9 Å². The number of benzene rings is 5. The molecule has 0 amide bonds. The van der Waals surface area contributed by atoms with Gasteiger partial charge in [-0.1, -0.05) is 54.1 Å². The smallest absolute Gasteiger partial charge is 0.261 e. The van der Waals surface area contributed by atoms with E-state index in [2.05, 4.69) is 4.72 Å². The number of anilines is 1. The minimum atomic E-state index is -3.99. The first kappa shape index (κ1) is 29.3. The van der Waals surface area contributed by atoms with Gasteiger partial charge in [0.2, 0.25) is 0 Å². The van der Waals surface area contributed by atoms with Crippen molar-refractivity contribution >= 4 is 27.3 Å². The van der Waals surface area contributed by atoms with E-state index in [9.17, 15) is 18.0 Å². The predicted octanol–water partition coefficient (Wildman–Crippen LogP) is 6.94. The summed E-state index contributed by atoms with van der Waals surface area (Å²) in [5, 5.41) is 0. The Kier molecular flexibility index (Phi) is 8.41. The van der Waals surface area contributed by atoms with Crippen LogP contribution in [0.3, 0.4) is 0 Å². The molecule has 0 atom stereocenters. The Hall–Kier alpha value is -5.21. The molecule has 5 aromatic carbocycles. The topological polar surface area (TPSA) is 98.8 Å². The number of rotatable bonds is 10. The summed E-state index contributed by atoms with van der Waals surface area (Å²) < 4.78 is 40.0. The van der Waals surface area contributed by atoms with Gasteiger partial charge in [-0.2, -0.15) is 0 Å². The molecule has 0 aromatic heterocycles. The molecule has 216 valence electrons. The van der Waals surface area contributed by atoms with Crippen molar-refractivity contribution in [3.63, 3.8) is 0 Å². The zero-order valence-electron chi connectivity index (χ0n) is 23.8. The van der Waals surface area contributed by atoms with Crippen LogP contribution in [-0.2, 0) is 10.0 Å². The molecule has 0 unspecified atom stereocenters. The van der Waals surface area contributed by atoms with E-state index < -0.39 is 10.0 Å². The number of nitrogens with one attached hydrogen (secondary N) is 1. The maximum atomic E-state index is 14.0. The van der Waals surface area contributed by atoms with Crippen molar-refractivity contribution in [3.05, 3.63) is 143 Å². The number of hydrogen-bond acceptors (Lipinski definition) is 6. The monoisotopic (exact) mass is 591 g/mol. The lowest BCUT2D eigenvalue weighted by Crippen LogP contribution is -2.15. The van der Waals surface area contributed by atoms with E-state index in [1.165, 1.54) is 26.4 Å². The summed E-state index contributed by atoms with van der Waals surface area (Å²) in [5.74, 6) is 0.517. The van der Waals surface area contributed by atoms with Gasteiger partial charge in [-0.25, -0.2) is 8.42 Å². The number of carbonyl (C=O) groups is 2. The molecule has 0 spiro atoms. The van der Waals surface area contributed by atoms with E-state index in [0.29, 0.717) is 33.8 Å². The van der Waals surface area contributed by atoms with Crippen LogP contribution >= 0.6 is 0 Å². The van der Waals surface area contributed by atoms with E-state index >= 15 is 0 Å². The maximum absolute atomic E-state index is 14.0. The van der Waals surface area contributed by atoms with Crippen LogP contribution in [0.1, 0.15) is 37.4 Å². The lowest BCUT2D eigenvalue weighted by molar-refractivity contribution is 0.103. The first-order valence-electron chi connectivity index (χ1n) is 13.4. The number of hydrogen-bond donors (Lipinski definition) is 1. The Balaban J connectivity index is 1.69. The molecular weight excluding hydrogens is 562 g/mol. The van der Waals surface area contributed by atoms with Crippen LogP contribution < -0.4 is 14.2 Å². The molecule has 0 saturated heterocycles. The Bertz CT molecular complexity index is 1820. The van der Waals surface area contributed by atoms with Crippen LogP contribution in [0, 0.1) is 6.92 Å². The SMILES string of the molecule is COc1ccc(C(=O)c2cccc(C(=O)c3ccc(OC)cc3)c2-c2ccccc2NS(=O)(=O)c2ccc(C)cc2)cc1. The molecule has 0 saturated carbocycles. The number of methoxy groups -OCH3 is 2. The fourth-order valence-electron chi connectivity index (χ4n) is 4.73. The maximum Gasteiger partial charge on any atom is 0.261 e. The highest BCUT2D eigenvalue weighted by molar-refractivity contribution is 7.92. The Morgan fingerprint density at radius 3 is 1.58 bits per heavy atom. The van der Waals surface area contributed by atoms with Gasteiger partial charge in [0.15, 0.2) is 11.6 Å². The summed E-state index contributed by atoms with van der Waals surface area (Å²) in [7, 11) is -0.915. The average molecular weight is 592 g/mol. The number of para-hydroxylation sites is 1. The normalized spacial score (nSPS) is 11.0. The lowest BCUT2D eigenvalue weighted by Gasteiger charge is -2.18. The number of sulfonamides is 1. The van der Waals surface area contributed by atoms with Gasteiger partial charge in [0, 0.05) is 33.4 Å². The van der Waals surface area contributed by atoms with Crippen LogP contribution in [-0.4, -0.2) is 34.2 Å². The zero-order chi connectivity index (χ0) is 30.6. The number of carbonyl (C=O) groups excluding carboxylic acids is 2. The van der Waals surface area contributed by atoms with Gasteiger partial charge in [-0.15, -0.1) is 0 Å². The number of ether oxygens (including phenoxy) is 2. The molecule has 0 aliphatic heterocycles. The first-order valence-corrected chi connectivity index (χ1v) is 14.9. The molecule has 0 aliphatic rings. The summed E-state index contributed by atoms with van der Waals surface area (Å²) >= 11 is 0. The van der Waals surface area contributed by atoms with Crippen molar-refractivity contribution in [2.24, 2.45) is 0 Å². The van der Waals surface area contributed by atoms with Crippen molar-refractivity contribution in [2.45, 2.75) is 11.8 Å². The fraction of sp³-hybridized carbons (Fsp3) is 0.0857. The zero-order valence-corrected chi connectivity index (χ0v) is 24.6. The van der Waals surface area contributed by atoms with Crippen molar-refractivity contribution < 1.29 is 27.5 Å². The second-order valence-electron chi connectivity index (χ2n) is 9.81. The third-order valence-corrected chi connectivity index (χ3v) is 8.41. The van der Waals surface area contributed by atoms with Crippen LogP contribution in [0.4, 0.5) is 5.69 Å². The van der Waals surface area contributed by atoms with E-state index in [1.807, 2.05) is 6.92 Å². The highest BCUT2D eigenvalue weighted by Gasteiger charge is 2.25. The molecule has 0 bridgehead atoms. The van der Waals surface area contributed by atoms with Crippen molar-refractivity contribution in [1.29, 1.82) is 0 Å². The largest absolute Gasteiger partial charge is 0.497 e. The molecule has 0 fully saturated rings. The summed E-state index contributed by atoms with van der Waals surface area (Å²) in [6.45, 7) is 1.87. The van der Waals surface area contributed by atoms with Crippen LogP contribution in [0.25, 0.3) is 11.1 Å². The Labute approximate surface area is 250 Å². The third kappa shape index (κ3) is 6.19. The summed E-state index contributed by atoms with van der Waals surface area (Å²) in [6, 6.07) is 31.5. The highest BCUT2D eigenvalue weighted by atomic mass is 32.2. The van der Waals surface area contributed by atoms with E-state index in [4.69, 9.17) is 9.47 Å². The molecule has 5 aromatic rings. The van der Waals surface area contributed by atoms with Gasteiger partial charge in [-0.05, 0) is 73.7 Å². The highest BCUT2D eigenvalue weighted by Crippen LogP contribution is 2.37. The van der Waals surface area contributed by atoms with Gasteiger partial charge in [-0.3, -0.25) is 14.3 Å². The lowest BCUT2D eigenvalue weighted by atomic mass is 9.86. The standard InChI is InChI=1S/C35H29NO6S/c1-23-11-21-28(22-12-23)43(39,40)36-32-10-5-4-7-29(32)33-30(34(37)24-13-17-26(41-2)18-14-24)8-6-9-31(33)35(38)25-15-19-27(42-3)20-16-25/h4-22,36H,1-3H3. The Morgan fingerprint density at radius 2 is 1.09 bits per heavy atom. The molecule has 0 aliphatic carbocycles. The molecular formula is C35H29NO6S. The predicted molar refractivity (Wildman–Crippen MR) is 167 cm³/mol. The van der Waals surface area contributed by atoms with Gasteiger partial charge < -0.3 is 9.47 Å². The summed E-state index contributed by atoms with van der Waals surface area (Å²) in [4.78, 5) is 28.0. The van der Waals surface area contributed by atoms with E-state index in [-0.39, 0.29) is 33.3 Å². The van der Waals surface area contributed by atoms with Crippen molar-refractivity contribution in [3.8, 4) is 22.6 Å². The molecule has 0 radical (unpaired) electrons. The van der Waals surface area contributed by atoms with Gasteiger partial charge in [0.05, 0.1) is 24.8 Å². The summed E-state index contributed by atoms with van der Waals surface area (Å²) in [5.41, 5.74) is 3.09. The Morgan fingerprint density at radius 1 is 0.605 bits per heavy atom. The quantitative estimate of drug-likeness (QED) is 0.177. The minimum absolute atomic E-state index is 0.0880. The molecule has 1 N–H and O–H groups in total. The van der Waals surface area contributed by atoms with Gasteiger partial charge in [0.25, 0.3) is 10.0 Å². The molecule has 7 nitrogen and oxygen atoms in total. The number of aryl methyl sites for hydroxylation is 1. The van der Waals surface area contributed by atoms with Crippen LogP contribution in [0.2, 0.25) is 0 Å². The van der Waals surface area contributed by atoms with Gasteiger partial charge >= 0.3 is 0 Å². The minimum Gasteiger partial charge on any atom is -0.497 e. The van der Waals surface area contributed by atoms with Crippen LogP contribution in [0.15, 0.2) is 120 Å². The molecule has 43 heavy (non-hydrogen) atoms. The van der Waals surface area contributed by atoms with Crippen molar-refractivity contribution in [1.82, 2.24) is 0 Å². The summed E-state index contributed by atoms with van der Waals surface area (Å²) in [6.07, 6.45) is 0. The van der Waals surface area contributed by atoms with E-state index in [1.54, 1.807) is 103 Å². The second-order valence-corrected chi connectivity index (χ2v) is 11.5. The molecule has 0 heterocycles. The second kappa shape index (κ2) is 12.3. The molecule has 5 rings (SSSR count). The molecule has 8 heteroatoms. The van der Waals surface area contributed by atoms with E-state index in [0.717, 1.165) is 5.56 Å². The average Bonchev–Trinajstić information content (AvgIpc) is 3.04.